The Hall–Kier alpha value is -2.34. The van der Waals surface area contributed by atoms with Crippen LogP contribution in [0.1, 0.15) is 21.0 Å². The van der Waals surface area contributed by atoms with E-state index in [0.717, 1.165) is 10.6 Å². The highest BCUT2D eigenvalue weighted by atomic mass is 32.1. The van der Waals surface area contributed by atoms with E-state index in [1.807, 2.05) is 43.3 Å². The van der Waals surface area contributed by atoms with Gasteiger partial charge in [0.1, 0.15) is 17.9 Å². The van der Waals surface area contributed by atoms with Crippen molar-refractivity contribution in [3.05, 3.63) is 52.2 Å². The number of ether oxygens (including phenoxy) is 1. The monoisotopic (exact) mass is 330 g/mol. The lowest BCUT2D eigenvalue weighted by atomic mass is 10.2. The number of primary amides is 1. The van der Waals surface area contributed by atoms with Crippen molar-refractivity contribution in [3.63, 3.8) is 0 Å². The number of likely N-dealkylation sites (tertiary alicyclic amines) is 1. The van der Waals surface area contributed by atoms with E-state index in [1.165, 1.54) is 16.2 Å². The smallest absolute Gasteiger partial charge is 0.264 e. The number of hydrogen-bond acceptors (Lipinski definition) is 4. The van der Waals surface area contributed by atoms with Gasteiger partial charge < -0.3 is 15.4 Å². The fourth-order valence-electron chi connectivity index (χ4n) is 2.76. The van der Waals surface area contributed by atoms with Crippen LogP contribution in [0.15, 0.2) is 42.5 Å². The van der Waals surface area contributed by atoms with E-state index < -0.39 is 11.9 Å². The molecule has 1 aromatic carbocycles. The standard InChI is InChI=1S/C17H18N2O3S/c1-11-7-8-15(23-11)17(21)19-10-13(9-14(19)16(18)20)22-12-5-3-2-4-6-12/h2-8,13-14H,9-10H2,1H3,(H2,18,20)/t13-,14-/m0/s1. The third-order valence-electron chi connectivity index (χ3n) is 3.85. The summed E-state index contributed by atoms with van der Waals surface area (Å²) in [5.41, 5.74) is 5.48. The summed E-state index contributed by atoms with van der Waals surface area (Å²) >= 11 is 1.42. The molecule has 6 heteroatoms. The van der Waals surface area contributed by atoms with Gasteiger partial charge >= 0.3 is 0 Å². The van der Waals surface area contributed by atoms with Gasteiger partial charge in [-0.15, -0.1) is 11.3 Å². The van der Waals surface area contributed by atoms with Crippen molar-refractivity contribution in [1.82, 2.24) is 4.90 Å². The van der Waals surface area contributed by atoms with Gasteiger partial charge in [0, 0.05) is 11.3 Å². The lowest BCUT2D eigenvalue weighted by Gasteiger charge is -2.21. The minimum Gasteiger partial charge on any atom is -0.488 e. The van der Waals surface area contributed by atoms with E-state index in [-0.39, 0.29) is 12.0 Å². The van der Waals surface area contributed by atoms with Crippen molar-refractivity contribution in [3.8, 4) is 5.75 Å². The van der Waals surface area contributed by atoms with E-state index in [9.17, 15) is 9.59 Å². The van der Waals surface area contributed by atoms with Gasteiger partial charge in [-0.3, -0.25) is 9.59 Å². The number of carbonyl (C=O) groups is 2. The number of para-hydroxylation sites is 1. The maximum absolute atomic E-state index is 12.6. The summed E-state index contributed by atoms with van der Waals surface area (Å²) in [7, 11) is 0. The molecule has 120 valence electrons. The molecular weight excluding hydrogens is 312 g/mol. The zero-order valence-electron chi connectivity index (χ0n) is 12.8. The molecule has 0 aliphatic carbocycles. The molecular formula is C17H18N2O3S. The first-order valence-electron chi connectivity index (χ1n) is 7.43. The SMILES string of the molecule is Cc1ccc(C(=O)N2C[C@@H](Oc3ccccc3)C[C@H]2C(N)=O)s1. The van der Waals surface area contributed by atoms with Crippen LogP contribution < -0.4 is 10.5 Å². The van der Waals surface area contributed by atoms with Crippen molar-refractivity contribution in [2.45, 2.75) is 25.5 Å². The number of nitrogens with two attached hydrogens (primary N) is 1. The second kappa shape index (κ2) is 6.42. The molecule has 1 fully saturated rings. The first-order chi connectivity index (χ1) is 11.0. The maximum Gasteiger partial charge on any atom is 0.264 e. The Bertz CT molecular complexity index is 714. The second-order valence-electron chi connectivity index (χ2n) is 5.57. The van der Waals surface area contributed by atoms with Crippen LogP contribution in [0.4, 0.5) is 0 Å². The molecule has 1 aliphatic heterocycles. The molecule has 2 amide bonds. The quantitative estimate of drug-likeness (QED) is 0.934. The van der Waals surface area contributed by atoms with Gasteiger partial charge in [-0.1, -0.05) is 18.2 Å². The topological polar surface area (TPSA) is 72.6 Å². The van der Waals surface area contributed by atoms with Crippen molar-refractivity contribution in [1.29, 1.82) is 0 Å². The number of amides is 2. The summed E-state index contributed by atoms with van der Waals surface area (Å²) in [5, 5.41) is 0. The molecule has 3 rings (SSSR count). The average Bonchev–Trinajstić information content (AvgIpc) is 3.14. The molecule has 0 bridgehead atoms. The lowest BCUT2D eigenvalue weighted by Crippen LogP contribution is -2.43. The zero-order chi connectivity index (χ0) is 16.4. The maximum atomic E-state index is 12.6. The van der Waals surface area contributed by atoms with Crippen molar-refractivity contribution >= 4 is 23.2 Å². The molecule has 0 saturated carbocycles. The first-order valence-corrected chi connectivity index (χ1v) is 8.24. The Morgan fingerprint density at radius 3 is 2.57 bits per heavy atom. The Balaban J connectivity index is 1.76. The van der Waals surface area contributed by atoms with E-state index >= 15 is 0 Å². The van der Waals surface area contributed by atoms with Crippen LogP contribution in [0, 0.1) is 6.92 Å². The average molecular weight is 330 g/mol. The number of rotatable bonds is 4. The van der Waals surface area contributed by atoms with Gasteiger partial charge in [0.2, 0.25) is 5.91 Å². The van der Waals surface area contributed by atoms with Gasteiger partial charge in [0.05, 0.1) is 11.4 Å². The molecule has 0 radical (unpaired) electrons. The summed E-state index contributed by atoms with van der Waals surface area (Å²) < 4.78 is 5.88. The van der Waals surface area contributed by atoms with Crippen LogP contribution in [0.3, 0.4) is 0 Å². The van der Waals surface area contributed by atoms with Crippen LogP contribution in [0.2, 0.25) is 0 Å². The molecule has 1 saturated heterocycles. The van der Waals surface area contributed by atoms with Crippen LogP contribution in [0.5, 0.6) is 5.75 Å². The predicted octanol–water partition coefficient (Wildman–Crippen LogP) is 2.20. The number of thiophene rings is 1. The molecule has 5 nitrogen and oxygen atoms in total. The Labute approximate surface area is 138 Å². The number of carbonyl (C=O) groups excluding carboxylic acids is 2. The zero-order valence-corrected chi connectivity index (χ0v) is 13.6. The van der Waals surface area contributed by atoms with Gasteiger partial charge in [0.15, 0.2) is 0 Å². The number of nitrogens with zero attached hydrogens (tertiary/aromatic N) is 1. The summed E-state index contributed by atoms with van der Waals surface area (Å²) in [5.74, 6) is 0.0684. The third-order valence-corrected chi connectivity index (χ3v) is 4.84. The number of aryl methyl sites for hydroxylation is 1. The van der Waals surface area contributed by atoms with E-state index in [4.69, 9.17) is 10.5 Å². The molecule has 1 aromatic heterocycles. The highest BCUT2D eigenvalue weighted by molar-refractivity contribution is 7.13. The molecule has 2 aromatic rings. The minimum atomic E-state index is -0.626. The fraction of sp³-hybridized carbons (Fsp3) is 0.294. The van der Waals surface area contributed by atoms with Crippen LogP contribution in [-0.4, -0.2) is 35.4 Å². The molecule has 0 spiro atoms. The van der Waals surface area contributed by atoms with Crippen molar-refractivity contribution in [2.75, 3.05) is 6.54 Å². The normalized spacial score (nSPS) is 20.5. The molecule has 2 atom stereocenters. The Kier molecular flexibility index (Phi) is 4.34. The summed E-state index contributed by atoms with van der Waals surface area (Å²) in [4.78, 5) is 27.6. The Morgan fingerprint density at radius 1 is 1.22 bits per heavy atom. The highest BCUT2D eigenvalue weighted by Crippen LogP contribution is 2.26. The van der Waals surface area contributed by atoms with Crippen LogP contribution in [0.25, 0.3) is 0 Å². The van der Waals surface area contributed by atoms with Crippen molar-refractivity contribution in [2.24, 2.45) is 5.73 Å². The van der Waals surface area contributed by atoms with Crippen LogP contribution in [-0.2, 0) is 4.79 Å². The minimum absolute atomic E-state index is 0.161. The van der Waals surface area contributed by atoms with E-state index in [2.05, 4.69) is 0 Å². The number of hydrogen-bond donors (Lipinski definition) is 1. The first kappa shape index (κ1) is 15.6. The molecule has 2 N–H and O–H groups in total. The predicted molar refractivity (Wildman–Crippen MR) is 88.5 cm³/mol. The van der Waals surface area contributed by atoms with Gasteiger partial charge in [-0.05, 0) is 31.2 Å². The van der Waals surface area contributed by atoms with Crippen LogP contribution >= 0.6 is 11.3 Å². The van der Waals surface area contributed by atoms with Crippen molar-refractivity contribution < 1.29 is 14.3 Å². The second-order valence-corrected chi connectivity index (χ2v) is 6.86. The number of benzene rings is 1. The van der Waals surface area contributed by atoms with E-state index in [0.29, 0.717) is 17.8 Å². The molecule has 1 aliphatic rings. The van der Waals surface area contributed by atoms with E-state index in [1.54, 1.807) is 6.07 Å². The summed E-state index contributed by atoms with van der Waals surface area (Å²) in [6, 6.07) is 12.4. The summed E-state index contributed by atoms with van der Waals surface area (Å²) in [6.45, 7) is 2.30. The molecule has 2 heterocycles. The van der Waals surface area contributed by atoms with Gasteiger partial charge in [0.25, 0.3) is 5.91 Å². The highest BCUT2D eigenvalue weighted by Gasteiger charge is 2.40. The fourth-order valence-corrected chi connectivity index (χ4v) is 3.58. The molecule has 0 unspecified atom stereocenters. The Morgan fingerprint density at radius 2 is 1.96 bits per heavy atom. The summed E-state index contributed by atoms with van der Waals surface area (Å²) in [6.07, 6.45) is 0.181. The third kappa shape index (κ3) is 3.37. The molecule has 23 heavy (non-hydrogen) atoms. The van der Waals surface area contributed by atoms with Gasteiger partial charge in [-0.2, -0.15) is 0 Å². The lowest BCUT2D eigenvalue weighted by molar-refractivity contribution is -0.121. The van der Waals surface area contributed by atoms with Gasteiger partial charge in [-0.25, -0.2) is 0 Å². The largest absolute Gasteiger partial charge is 0.488 e.